The molecule has 1 aromatic heterocycles. The molecular formula is C27H17Cl3N2O4. The molecule has 0 bridgehead atoms. The van der Waals surface area contributed by atoms with Gasteiger partial charge in [0.15, 0.2) is 6.10 Å². The first-order valence-electron chi connectivity index (χ1n) is 11.1. The van der Waals surface area contributed by atoms with Crippen LogP contribution >= 0.6 is 34.8 Å². The van der Waals surface area contributed by atoms with Crippen molar-refractivity contribution < 1.29 is 18.8 Å². The van der Waals surface area contributed by atoms with Gasteiger partial charge in [-0.2, -0.15) is 0 Å². The van der Waals surface area contributed by atoms with Crippen molar-refractivity contribution in [2.75, 3.05) is 9.96 Å². The topological polar surface area (TPSA) is 63.0 Å². The predicted octanol–water partition coefficient (Wildman–Crippen LogP) is 6.96. The molecule has 2 saturated heterocycles. The number of fused-ring (bicyclic) bond motifs is 1. The van der Waals surface area contributed by atoms with Crippen LogP contribution in [0.15, 0.2) is 89.3 Å². The van der Waals surface area contributed by atoms with Gasteiger partial charge in [0, 0.05) is 15.6 Å². The number of hydroxylamine groups is 1. The molecule has 3 atom stereocenters. The molecule has 36 heavy (non-hydrogen) atoms. The Morgan fingerprint density at radius 1 is 0.722 bits per heavy atom. The average molecular weight is 540 g/mol. The lowest BCUT2D eigenvalue weighted by Crippen LogP contribution is -2.37. The number of hydrogen-bond acceptors (Lipinski definition) is 5. The standard InChI is InChI=1S/C27H17Cl3N2O4/c28-15-6-9-17(10-7-15)31-26(33)23-24(32(36-25(23)27(31)34)18-4-2-1-3-5-18)22-13-12-21(35-22)19-14-16(29)8-11-20(19)30/h1-14,23-25H/t23-,24+,25+/m0/s1. The van der Waals surface area contributed by atoms with E-state index in [-0.39, 0.29) is 5.91 Å². The third-order valence-electron chi connectivity index (χ3n) is 6.32. The van der Waals surface area contributed by atoms with Gasteiger partial charge in [-0.1, -0.05) is 53.0 Å². The summed E-state index contributed by atoms with van der Waals surface area (Å²) in [5, 5.41) is 3.07. The van der Waals surface area contributed by atoms with Crippen molar-refractivity contribution in [3.8, 4) is 11.3 Å². The highest BCUT2D eigenvalue weighted by Crippen LogP contribution is 2.48. The smallest absolute Gasteiger partial charge is 0.266 e. The van der Waals surface area contributed by atoms with Gasteiger partial charge in [-0.05, 0) is 66.7 Å². The van der Waals surface area contributed by atoms with E-state index in [9.17, 15) is 9.59 Å². The molecular weight excluding hydrogens is 523 g/mol. The number of hydrogen-bond donors (Lipinski definition) is 0. The number of carbonyl (C=O) groups excluding carboxylic acids is 2. The Bertz CT molecular complexity index is 1470. The summed E-state index contributed by atoms with van der Waals surface area (Å²) in [4.78, 5) is 34.4. The lowest BCUT2D eigenvalue weighted by Gasteiger charge is -2.27. The predicted molar refractivity (Wildman–Crippen MR) is 138 cm³/mol. The van der Waals surface area contributed by atoms with Gasteiger partial charge in [0.25, 0.3) is 5.91 Å². The quantitative estimate of drug-likeness (QED) is 0.262. The molecule has 4 aromatic rings. The van der Waals surface area contributed by atoms with Crippen molar-refractivity contribution >= 4 is 58.0 Å². The number of anilines is 2. The van der Waals surface area contributed by atoms with E-state index in [2.05, 4.69) is 0 Å². The third kappa shape index (κ3) is 3.78. The maximum atomic E-state index is 13.7. The molecule has 3 aromatic carbocycles. The van der Waals surface area contributed by atoms with Crippen LogP contribution in [0, 0.1) is 5.92 Å². The summed E-state index contributed by atoms with van der Waals surface area (Å²) in [7, 11) is 0. The van der Waals surface area contributed by atoms with E-state index in [1.165, 1.54) is 0 Å². The van der Waals surface area contributed by atoms with Crippen LogP contribution < -0.4 is 9.96 Å². The molecule has 2 aliphatic heterocycles. The van der Waals surface area contributed by atoms with Crippen LogP contribution in [0.1, 0.15) is 11.8 Å². The molecule has 2 fully saturated rings. The van der Waals surface area contributed by atoms with Crippen LogP contribution in [-0.2, 0) is 14.4 Å². The Hall–Kier alpha value is -3.29. The van der Waals surface area contributed by atoms with Crippen molar-refractivity contribution in [3.63, 3.8) is 0 Å². The van der Waals surface area contributed by atoms with Crippen molar-refractivity contribution in [1.29, 1.82) is 0 Å². The molecule has 9 heteroatoms. The maximum absolute atomic E-state index is 13.7. The highest BCUT2D eigenvalue weighted by Gasteiger charge is 2.61. The molecule has 2 aliphatic rings. The SMILES string of the molecule is O=C1[C@H]2[C@@H](c3ccc(-c4cc(Cl)ccc4Cl)o3)N(c3ccccc3)O[C@H]2C(=O)N1c1ccc(Cl)cc1. The molecule has 0 aliphatic carbocycles. The zero-order valence-electron chi connectivity index (χ0n) is 18.5. The summed E-state index contributed by atoms with van der Waals surface area (Å²) in [5.74, 6) is -0.714. The lowest BCUT2D eigenvalue weighted by atomic mass is 9.94. The van der Waals surface area contributed by atoms with Crippen molar-refractivity contribution in [1.82, 2.24) is 0 Å². The number of furan rings is 1. The molecule has 0 N–H and O–H groups in total. The molecule has 2 amide bonds. The summed E-state index contributed by atoms with van der Waals surface area (Å²) in [6.07, 6.45) is -1.01. The van der Waals surface area contributed by atoms with Gasteiger partial charge in [0.05, 0.1) is 16.4 Å². The Labute approximate surface area is 221 Å². The average Bonchev–Trinajstić information content (AvgIpc) is 3.57. The first kappa shape index (κ1) is 23.1. The number of para-hydroxylation sites is 1. The third-order valence-corrected chi connectivity index (χ3v) is 7.14. The largest absolute Gasteiger partial charge is 0.459 e. The van der Waals surface area contributed by atoms with Gasteiger partial charge in [-0.3, -0.25) is 14.4 Å². The van der Waals surface area contributed by atoms with Crippen LogP contribution in [0.2, 0.25) is 15.1 Å². The Balaban J connectivity index is 1.43. The second-order valence-corrected chi connectivity index (χ2v) is 9.75. The molecule has 6 nitrogen and oxygen atoms in total. The summed E-state index contributed by atoms with van der Waals surface area (Å²) in [6.45, 7) is 0. The fourth-order valence-electron chi connectivity index (χ4n) is 4.69. The minimum atomic E-state index is -1.01. The first-order chi connectivity index (χ1) is 17.4. The highest BCUT2D eigenvalue weighted by atomic mass is 35.5. The Kier molecular flexibility index (Phi) is 5.77. The van der Waals surface area contributed by atoms with Gasteiger partial charge in [-0.15, -0.1) is 0 Å². The molecule has 6 rings (SSSR count). The summed E-state index contributed by atoms with van der Waals surface area (Å²) >= 11 is 18.6. The van der Waals surface area contributed by atoms with E-state index in [4.69, 9.17) is 44.1 Å². The zero-order chi connectivity index (χ0) is 25.0. The van der Waals surface area contributed by atoms with Crippen LogP contribution in [-0.4, -0.2) is 17.9 Å². The Morgan fingerprint density at radius 2 is 1.44 bits per heavy atom. The number of carbonyl (C=O) groups is 2. The molecule has 0 spiro atoms. The molecule has 0 radical (unpaired) electrons. The fourth-order valence-corrected chi connectivity index (χ4v) is 5.20. The van der Waals surface area contributed by atoms with E-state index in [0.29, 0.717) is 43.5 Å². The zero-order valence-corrected chi connectivity index (χ0v) is 20.7. The second kappa shape index (κ2) is 8.98. The minimum absolute atomic E-state index is 0.380. The van der Waals surface area contributed by atoms with Crippen LogP contribution in [0.4, 0.5) is 11.4 Å². The van der Waals surface area contributed by atoms with Crippen molar-refractivity contribution in [3.05, 3.63) is 106 Å². The number of nitrogens with zero attached hydrogens (tertiary/aromatic N) is 2. The van der Waals surface area contributed by atoms with E-state index in [1.54, 1.807) is 59.7 Å². The van der Waals surface area contributed by atoms with Crippen LogP contribution in [0.5, 0.6) is 0 Å². The minimum Gasteiger partial charge on any atom is -0.459 e. The number of benzene rings is 3. The summed E-state index contributed by atoms with van der Waals surface area (Å²) < 4.78 is 6.23. The number of rotatable bonds is 4. The highest BCUT2D eigenvalue weighted by molar-refractivity contribution is 6.35. The molecule has 0 saturated carbocycles. The van der Waals surface area contributed by atoms with Crippen molar-refractivity contribution in [2.24, 2.45) is 5.92 Å². The van der Waals surface area contributed by atoms with Gasteiger partial charge >= 0.3 is 0 Å². The summed E-state index contributed by atoms with van der Waals surface area (Å²) in [5.41, 5.74) is 1.74. The van der Waals surface area contributed by atoms with E-state index < -0.39 is 24.0 Å². The monoisotopic (exact) mass is 538 g/mol. The summed E-state index contributed by atoms with van der Waals surface area (Å²) in [6, 6.07) is 23.7. The first-order valence-corrected chi connectivity index (χ1v) is 12.3. The maximum Gasteiger partial charge on any atom is 0.266 e. The number of amides is 2. The van der Waals surface area contributed by atoms with Gasteiger partial charge in [0.1, 0.15) is 23.5 Å². The van der Waals surface area contributed by atoms with Crippen LogP contribution in [0.3, 0.4) is 0 Å². The molecule has 180 valence electrons. The Morgan fingerprint density at radius 3 is 2.19 bits per heavy atom. The molecule has 3 heterocycles. The lowest BCUT2D eigenvalue weighted by molar-refractivity contribution is -0.126. The van der Waals surface area contributed by atoms with Crippen LogP contribution in [0.25, 0.3) is 11.3 Å². The fraction of sp³-hybridized carbons (Fsp3) is 0.111. The second-order valence-electron chi connectivity index (χ2n) is 8.47. The number of imide groups is 1. The molecule has 0 unspecified atom stereocenters. The van der Waals surface area contributed by atoms with Gasteiger partial charge in [0.2, 0.25) is 5.91 Å². The van der Waals surface area contributed by atoms with Gasteiger partial charge in [-0.25, -0.2) is 9.96 Å². The van der Waals surface area contributed by atoms with Crippen molar-refractivity contribution in [2.45, 2.75) is 12.1 Å². The van der Waals surface area contributed by atoms with E-state index >= 15 is 0 Å². The normalized spacial score (nSPS) is 21.4. The van der Waals surface area contributed by atoms with E-state index in [0.717, 1.165) is 4.90 Å². The van der Waals surface area contributed by atoms with Gasteiger partial charge < -0.3 is 4.42 Å². The number of halogens is 3. The van der Waals surface area contributed by atoms with E-state index in [1.807, 2.05) is 30.3 Å².